The van der Waals surface area contributed by atoms with Gasteiger partial charge in [0.25, 0.3) is 0 Å². The predicted molar refractivity (Wildman–Crippen MR) is 61.3 cm³/mol. The standard InChI is InChI=1S/C11H22N2O3/c1-15-8-9-16-7-6-13-11(14)10-2-4-12-5-3-10/h10,12H,2-9H2,1H3,(H,13,14). The zero-order valence-electron chi connectivity index (χ0n) is 9.96. The van der Waals surface area contributed by atoms with Crippen LogP contribution in [0.2, 0.25) is 0 Å². The lowest BCUT2D eigenvalue weighted by Crippen LogP contribution is -2.39. The van der Waals surface area contributed by atoms with E-state index < -0.39 is 0 Å². The Morgan fingerprint density at radius 2 is 2.06 bits per heavy atom. The summed E-state index contributed by atoms with van der Waals surface area (Å²) in [6, 6.07) is 0. The van der Waals surface area contributed by atoms with E-state index in [0.29, 0.717) is 26.4 Å². The van der Waals surface area contributed by atoms with Gasteiger partial charge in [0, 0.05) is 19.6 Å². The molecule has 1 heterocycles. The molecule has 5 nitrogen and oxygen atoms in total. The van der Waals surface area contributed by atoms with Crippen LogP contribution in [0.25, 0.3) is 0 Å². The van der Waals surface area contributed by atoms with Crippen LogP contribution in [-0.2, 0) is 14.3 Å². The fourth-order valence-corrected chi connectivity index (χ4v) is 1.72. The first-order valence-corrected chi connectivity index (χ1v) is 5.89. The highest BCUT2D eigenvalue weighted by molar-refractivity contribution is 5.78. The van der Waals surface area contributed by atoms with Crippen molar-refractivity contribution in [2.45, 2.75) is 12.8 Å². The molecule has 0 spiro atoms. The first-order chi connectivity index (χ1) is 7.84. The van der Waals surface area contributed by atoms with Crippen LogP contribution in [-0.4, -0.2) is 52.5 Å². The van der Waals surface area contributed by atoms with E-state index in [-0.39, 0.29) is 11.8 Å². The lowest BCUT2D eigenvalue weighted by molar-refractivity contribution is -0.126. The maximum absolute atomic E-state index is 11.7. The molecule has 0 bridgehead atoms. The van der Waals surface area contributed by atoms with E-state index in [1.807, 2.05) is 0 Å². The lowest BCUT2D eigenvalue weighted by Gasteiger charge is -2.21. The predicted octanol–water partition coefficient (Wildman–Crippen LogP) is -0.235. The summed E-state index contributed by atoms with van der Waals surface area (Å²) in [7, 11) is 1.64. The molecule has 1 saturated heterocycles. The minimum atomic E-state index is 0.164. The third kappa shape index (κ3) is 5.44. The van der Waals surface area contributed by atoms with Crippen LogP contribution in [0, 0.1) is 5.92 Å². The number of hydrogen-bond donors (Lipinski definition) is 2. The van der Waals surface area contributed by atoms with Gasteiger partial charge < -0.3 is 20.1 Å². The summed E-state index contributed by atoms with van der Waals surface area (Å²) in [6.45, 7) is 4.22. The van der Waals surface area contributed by atoms with E-state index in [1.165, 1.54) is 0 Å². The van der Waals surface area contributed by atoms with Gasteiger partial charge in [-0.1, -0.05) is 0 Å². The Labute approximate surface area is 96.9 Å². The Bertz CT molecular complexity index is 194. The first-order valence-electron chi connectivity index (χ1n) is 5.89. The lowest BCUT2D eigenvalue weighted by atomic mass is 9.97. The zero-order chi connectivity index (χ0) is 11.6. The summed E-state index contributed by atoms with van der Waals surface area (Å²) in [5, 5.41) is 6.14. The maximum Gasteiger partial charge on any atom is 0.223 e. The Hall–Kier alpha value is -0.650. The maximum atomic E-state index is 11.7. The number of hydrogen-bond acceptors (Lipinski definition) is 4. The average Bonchev–Trinajstić information content (AvgIpc) is 2.34. The van der Waals surface area contributed by atoms with E-state index in [2.05, 4.69) is 10.6 Å². The van der Waals surface area contributed by atoms with Gasteiger partial charge in [-0.3, -0.25) is 4.79 Å². The van der Waals surface area contributed by atoms with Crippen molar-refractivity contribution in [3.8, 4) is 0 Å². The highest BCUT2D eigenvalue weighted by Gasteiger charge is 2.19. The second-order valence-corrected chi connectivity index (χ2v) is 3.92. The van der Waals surface area contributed by atoms with Crippen LogP contribution in [0.1, 0.15) is 12.8 Å². The minimum Gasteiger partial charge on any atom is -0.382 e. The van der Waals surface area contributed by atoms with Crippen molar-refractivity contribution in [1.29, 1.82) is 0 Å². The highest BCUT2D eigenvalue weighted by Crippen LogP contribution is 2.10. The number of nitrogens with one attached hydrogen (secondary N) is 2. The summed E-state index contributed by atoms with van der Waals surface area (Å²) >= 11 is 0. The van der Waals surface area contributed by atoms with E-state index in [4.69, 9.17) is 9.47 Å². The van der Waals surface area contributed by atoms with Gasteiger partial charge in [0.15, 0.2) is 0 Å². The molecular formula is C11H22N2O3. The summed E-state index contributed by atoms with van der Waals surface area (Å²) in [4.78, 5) is 11.7. The SMILES string of the molecule is COCCOCCNC(=O)C1CCNCC1. The molecule has 5 heteroatoms. The number of ether oxygens (including phenoxy) is 2. The average molecular weight is 230 g/mol. The highest BCUT2D eigenvalue weighted by atomic mass is 16.5. The third-order valence-corrected chi connectivity index (χ3v) is 2.69. The van der Waals surface area contributed by atoms with Gasteiger partial charge in [-0.2, -0.15) is 0 Å². The fourth-order valence-electron chi connectivity index (χ4n) is 1.72. The van der Waals surface area contributed by atoms with Gasteiger partial charge in [-0.15, -0.1) is 0 Å². The van der Waals surface area contributed by atoms with E-state index in [1.54, 1.807) is 7.11 Å². The number of amides is 1. The monoisotopic (exact) mass is 230 g/mol. The van der Waals surface area contributed by atoms with Crippen LogP contribution in [0.5, 0.6) is 0 Å². The topological polar surface area (TPSA) is 59.6 Å². The van der Waals surface area contributed by atoms with Crippen LogP contribution in [0.4, 0.5) is 0 Å². The van der Waals surface area contributed by atoms with Crippen molar-refractivity contribution in [3.05, 3.63) is 0 Å². The molecule has 0 aromatic rings. The normalized spacial score (nSPS) is 17.3. The molecule has 94 valence electrons. The largest absolute Gasteiger partial charge is 0.382 e. The number of methoxy groups -OCH3 is 1. The van der Waals surface area contributed by atoms with Gasteiger partial charge in [0.1, 0.15) is 0 Å². The molecule has 1 aliphatic heterocycles. The quantitative estimate of drug-likeness (QED) is 0.593. The van der Waals surface area contributed by atoms with Gasteiger partial charge in [0.2, 0.25) is 5.91 Å². The minimum absolute atomic E-state index is 0.164. The van der Waals surface area contributed by atoms with E-state index in [0.717, 1.165) is 25.9 Å². The molecule has 0 saturated carbocycles. The van der Waals surface area contributed by atoms with Crippen molar-refractivity contribution < 1.29 is 14.3 Å². The molecule has 0 aromatic carbocycles. The number of piperidine rings is 1. The van der Waals surface area contributed by atoms with Gasteiger partial charge in [-0.25, -0.2) is 0 Å². The molecule has 16 heavy (non-hydrogen) atoms. The molecule has 1 aliphatic rings. The van der Waals surface area contributed by atoms with Crippen LogP contribution in [0.15, 0.2) is 0 Å². The summed E-state index contributed by atoms with van der Waals surface area (Å²) in [5.74, 6) is 0.345. The van der Waals surface area contributed by atoms with Crippen molar-refractivity contribution >= 4 is 5.91 Å². The fraction of sp³-hybridized carbons (Fsp3) is 0.909. The Kier molecular flexibility index (Phi) is 7.12. The molecule has 0 unspecified atom stereocenters. The zero-order valence-corrected chi connectivity index (χ0v) is 9.96. The summed E-state index contributed by atoms with van der Waals surface area (Å²) < 4.78 is 10.1. The molecule has 0 aromatic heterocycles. The Balaban J connectivity index is 1.97. The Morgan fingerprint density at radius 1 is 1.31 bits per heavy atom. The molecule has 1 rings (SSSR count). The molecule has 0 atom stereocenters. The van der Waals surface area contributed by atoms with E-state index >= 15 is 0 Å². The van der Waals surface area contributed by atoms with Crippen molar-refractivity contribution in [2.24, 2.45) is 5.92 Å². The van der Waals surface area contributed by atoms with Crippen molar-refractivity contribution in [3.63, 3.8) is 0 Å². The summed E-state index contributed by atoms with van der Waals surface area (Å²) in [5.41, 5.74) is 0. The molecule has 1 fully saturated rings. The number of carbonyl (C=O) groups excluding carboxylic acids is 1. The molecular weight excluding hydrogens is 208 g/mol. The van der Waals surface area contributed by atoms with Crippen molar-refractivity contribution in [1.82, 2.24) is 10.6 Å². The second-order valence-electron chi connectivity index (χ2n) is 3.92. The molecule has 0 aliphatic carbocycles. The van der Waals surface area contributed by atoms with E-state index in [9.17, 15) is 4.79 Å². The number of rotatable bonds is 7. The van der Waals surface area contributed by atoms with Crippen LogP contribution < -0.4 is 10.6 Å². The van der Waals surface area contributed by atoms with Crippen LogP contribution in [0.3, 0.4) is 0 Å². The van der Waals surface area contributed by atoms with Crippen LogP contribution >= 0.6 is 0 Å². The summed E-state index contributed by atoms with van der Waals surface area (Å²) in [6.07, 6.45) is 1.88. The van der Waals surface area contributed by atoms with Gasteiger partial charge >= 0.3 is 0 Å². The Morgan fingerprint density at radius 3 is 2.75 bits per heavy atom. The smallest absolute Gasteiger partial charge is 0.223 e. The third-order valence-electron chi connectivity index (χ3n) is 2.69. The second kappa shape index (κ2) is 8.50. The van der Waals surface area contributed by atoms with Gasteiger partial charge in [0.05, 0.1) is 19.8 Å². The molecule has 2 N–H and O–H groups in total. The molecule has 1 amide bonds. The van der Waals surface area contributed by atoms with Gasteiger partial charge in [-0.05, 0) is 25.9 Å². The molecule has 0 radical (unpaired) electrons. The number of carbonyl (C=O) groups is 1. The first kappa shape index (κ1) is 13.4. The van der Waals surface area contributed by atoms with Crippen molar-refractivity contribution in [2.75, 3.05) is 46.6 Å².